The van der Waals surface area contributed by atoms with E-state index in [2.05, 4.69) is 4.90 Å². The summed E-state index contributed by atoms with van der Waals surface area (Å²) < 4.78 is 0. The first kappa shape index (κ1) is 11.7. The number of nitrogens with two attached hydrogens (primary N) is 1. The third-order valence-electron chi connectivity index (χ3n) is 3.27. The third-order valence-corrected chi connectivity index (χ3v) is 3.59. The molecule has 16 heavy (non-hydrogen) atoms. The van der Waals surface area contributed by atoms with Crippen LogP contribution in [0.3, 0.4) is 0 Å². The lowest BCUT2D eigenvalue weighted by molar-refractivity contribution is 0.0250. The fourth-order valence-electron chi connectivity index (χ4n) is 2.08. The molecule has 1 saturated heterocycles. The van der Waals surface area contributed by atoms with Crippen LogP contribution >= 0.6 is 11.6 Å². The van der Waals surface area contributed by atoms with E-state index >= 15 is 0 Å². The molecule has 0 saturated carbocycles. The monoisotopic (exact) mass is 240 g/mol. The summed E-state index contributed by atoms with van der Waals surface area (Å²) in [6.45, 7) is 1.94. The lowest BCUT2D eigenvalue weighted by Gasteiger charge is -2.38. The van der Waals surface area contributed by atoms with E-state index in [1.165, 1.54) is 0 Å². The maximum Gasteiger partial charge on any atom is 0.0803 e. The first-order chi connectivity index (χ1) is 7.64. The lowest BCUT2D eigenvalue weighted by Crippen LogP contribution is -2.48. The van der Waals surface area contributed by atoms with Crippen molar-refractivity contribution in [2.24, 2.45) is 5.73 Å². The summed E-state index contributed by atoms with van der Waals surface area (Å²) >= 11 is 6.13. The molecule has 0 radical (unpaired) electrons. The summed E-state index contributed by atoms with van der Waals surface area (Å²) in [6, 6.07) is 7.80. The van der Waals surface area contributed by atoms with E-state index in [1.807, 2.05) is 24.3 Å². The van der Waals surface area contributed by atoms with Crippen molar-refractivity contribution in [2.75, 3.05) is 24.5 Å². The van der Waals surface area contributed by atoms with Gasteiger partial charge in [-0.1, -0.05) is 23.7 Å². The van der Waals surface area contributed by atoms with E-state index < -0.39 is 5.60 Å². The van der Waals surface area contributed by atoms with Crippen LogP contribution in [0.25, 0.3) is 0 Å². The molecule has 88 valence electrons. The van der Waals surface area contributed by atoms with Crippen molar-refractivity contribution >= 4 is 17.3 Å². The quantitative estimate of drug-likeness (QED) is 0.826. The van der Waals surface area contributed by atoms with Gasteiger partial charge in [-0.05, 0) is 25.0 Å². The van der Waals surface area contributed by atoms with Crippen molar-refractivity contribution in [1.29, 1.82) is 0 Å². The fourth-order valence-corrected chi connectivity index (χ4v) is 2.33. The van der Waals surface area contributed by atoms with Gasteiger partial charge in [0.2, 0.25) is 0 Å². The summed E-state index contributed by atoms with van der Waals surface area (Å²) in [5.74, 6) is 0. The smallest absolute Gasteiger partial charge is 0.0803 e. The maximum atomic E-state index is 10.0. The molecule has 1 aliphatic rings. The second-order valence-electron chi connectivity index (χ2n) is 4.37. The molecule has 2 rings (SSSR count). The first-order valence-corrected chi connectivity index (χ1v) is 5.94. The predicted octanol–water partition coefficient (Wildman–Crippen LogP) is 1.63. The number of para-hydroxylation sites is 1. The Labute approximate surface area is 101 Å². The Morgan fingerprint density at radius 2 is 1.94 bits per heavy atom. The van der Waals surface area contributed by atoms with E-state index in [9.17, 15) is 5.11 Å². The molecule has 4 heteroatoms. The van der Waals surface area contributed by atoms with Crippen LogP contribution in [0.2, 0.25) is 5.02 Å². The van der Waals surface area contributed by atoms with E-state index in [-0.39, 0.29) is 0 Å². The molecule has 0 aromatic heterocycles. The molecule has 0 spiro atoms. The van der Waals surface area contributed by atoms with Gasteiger partial charge >= 0.3 is 0 Å². The number of anilines is 1. The molecule has 0 aliphatic carbocycles. The number of benzene rings is 1. The van der Waals surface area contributed by atoms with Crippen molar-refractivity contribution in [3.63, 3.8) is 0 Å². The maximum absolute atomic E-state index is 10.0. The zero-order chi connectivity index (χ0) is 11.6. The molecule has 1 aromatic rings. The highest BCUT2D eigenvalue weighted by molar-refractivity contribution is 6.33. The summed E-state index contributed by atoms with van der Waals surface area (Å²) in [4.78, 5) is 2.20. The third kappa shape index (κ3) is 2.32. The minimum atomic E-state index is -0.683. The Morgan fingerprint density at radius 3 is 2.50 bits per heavy atom. The summed E-state index contributed by atoms with van der Waals surface area (Å²) in [5, 5.41) is 10.8. The molecule has 1 aliphatic heterocycles. The number of halogens is 1. The molecule has 0 unspecified atom stereocenters. The molecule has 0 amide bonds. The van der Waals surface area contributed by atoms with Crippen molar-refractivity contribution in [3.05, 3.63) is 29.3 Å². The standard InChI is InChI=1S/C12H17ClN2O/c13-10-3-1-2-4-11(10)15-7-5-12(16,9-14)6-8-15/h1-4,16H,5-9,14H2. The van der Waals surface area contributed by atoms with Gasteiger partial charge in [0, 0.05) is 19.6 Å². The van der Waals surface area contributed by atoms with Crippen LogP contribution in [-0.2, 0) is 0 Å². The van der Waals surface area contributed by atoms with E-state index in [0.717, 1.165) is 23.8 Å². The van der Waals surface area contributed by atoms with Gasteiger partial charge < -0.3 is 15.7 Å². The number of hydrogen-bond acceptors (Lipinski definition) is 3. The molecule has 0 bridgehead atoms. The number of piperidine rings is 1. The van der Waals surface area contributed by atoms with Crippen molar-refractivity contribution in [2.45, 2.75) is 18.4 Å². The minimum Gasteiger partial charge on any atom is -0.388 e. The van der Waals surface area contributed by atoms with Crippen LogP contribution in [0.1, 0.15) is 12.8 Å². The fraction of sp³-hybridized carbons (Fsp3) is 0.500. The average Bonchev–Trinajstić information content (AvgIpc) is 2.31. The molecular weight excluding hydrogens is 224 g/mol. The van der Waals surface area contributed by atoms with Crippen molar-refractivity contribution < 1.29 is 5.11 Å². The van der Waals surface area contributed by atoms with Crippen LogP contribution in [-0.4, -0.2) is 30.3 Å². The van der Waals surface area contributed by atoms with Gasteiger partial charge in [-0.25, -0.2) is 0 Å². The molecule has 1 fully saturated rings. The molecule has 3 N–H and O–H groups in total. The Bertz CT molecular complexity index is 362. The molecule has 3 nitrogen and oxygen atoms in total. The summed E-state index contributed by atoms with van der Waals surface area (Å²) in [5.41, 5.74) is 5.92. The number of rotatable bonds is 2. The van der Waals surface area contributed by atoms with Gasteiger partial charge in [0.15, 0.2) is 0 Å². The minimum absolute atomic E-state index is 0.337. The Kier molecular flexibility index (Phi) is 3.38. The number of hydrogen-bond donors (Lipinski definition) is 2. The highest BCUT2D eigenvalue weighted by Crippen LogP contribution is 2.30. The largest absolute Gasteiger partial charge is 0.388 e. The van der Waals surface area contributed by atoms with Crippen molar-refractivity contribution in [3.8, 4) is 0 Å². The molecule has 0 atom stereocenters. The number of aliphatic hydroxyl groups is 1. The number of nitrogens with zero attached hydrogens (tertiary/aromatic N) is 1. The highest BCUT2D eigenvalue weighted by atomic mass is 35.5. The van der Waals surface area contributed by atoms with E-state index in [1.54, 1.807) is 0 Å². The van der Waals surface area contributed by atoms with Crippen LogP contribution in [0.4, 0.5) is 5.69 Å². The van der Waals surface area contributed by atoms with Gasteiger partial charge in [0.05, 0.1) is 16.3 Å². The summed E-state index contributed by atoms with van der Waals surface area (Å²) in [7, 11) is 0. The van der Waals surface area contributed by atoms with Crippen molar-refractivity contribution in [1.82, 2.24) is 0 Å². The normalized spacial score (nSPS) is 19.8. The highest BCUT2D eigenvalue weighted by Gasteiger charge is 2.31. The Morgan fingerprint density at radius 1 is 1.31 bits per heavy atom. The second-order valence-corrected chi connectivity index (χ2v) is 4.77. The van der Waals surface area contributed by atoms with Gasteiger partial charge in [0.1, 0.15) is 0 Å². The van der Waals surface area contributed by atoms with Crippen LogP contribution in [0.5, 0.6) is 0 Å². The SMILES string of the molecule is NCC1(O)CCN(c2ccccc2Cl)CC1. The molecule has 1 aromatic carbocycles. The van der Waals surface area contributed by atoms with Crippen LogP contribution < -0.4 is 10.6 Å². The van der Waals surface area contributed by atoms with Gasteiger partial charge in [0.25, 0.3) is 0 Å². The van der Waals surface area contributed by atoms with E-state index in [4.69, 9.17) is 17.3 Å². The Balaban J connectivity index is 2.07. The predicted molar refractivity (Wildman–Crippen MR) is 66.9 cm³/mol. The first-order valence-electron chi connectivity index (χ1n) is 5.56. The zero-order valence-corrected chi connectivity index (χ0v) is 9.95. The van der Waals surface area contributed by atoms with Gasteiger partial charge in [-0.15, -0.1) is 0 Å². The van der Waals surface area contributed by atoms with Crippen LogP contribution in [0, 0.1) is 0 Å². The molecule has 1 heterocycles. The van der Waals surface area contributed by atoms with Gasteiger partial charge in [-0.3, -0.25) is 0 Å². The topological polar surface area (TPSA) is 49.5 Å². The molecular formula is C12H17ClN2O. The van der Waals surface area contributed by atoms with E-state index in [0.29, 0.717) is 19.4 Å². The average molecular weight is 241 g/mol. The van der Waals surface area contributed by atoms with Gasteiger partial charge in [-0.2, -0.15) is 0 Å². The Hall–Kier alpha value is -0.770. The van der Waals surface area contributed by atoms with Crippen LogP contribution in [0.15, 0.2) is 24.3 Å². The second kappa shape index (κ2) is 4.62. The summed E-state index contributed by atoms with van der Waals surface area (Å²) in [6.07, 6.45) is 1.41. The lowest BCUT2D eigenvalue weighted by atomic mass is 9.91. The zero-order valence-electron chi connectivity index (χ0n) is 9.19.